The van der Waals surface area contributed by atoms with Crippen molar-refractivity contribution < 1.29 is 5.11 Å². The first-order chi connectivity index (χ1) is 7.25. The molecule has 1 heterocycles. The van der Waals surface area contributed by atoms with Gasteiger partial charge in [0.15, 0.2) is 0 Å². The highest BCUT2D eigenvalue weighted by molar-refractivity contribution is 5.49. The maximum atomic E-state index is 9.41. The summed E-state index contributed by atoms with van der Waals surface area (Å²) in [6.07, 6.45) is 7.56. The third-order valence-electron chi connectivity index (χ3n) is 3.08. The van der Waals surface area contributed by atoms with E-state index in [0.717, 1.165) is 25.7 Å². The Morgan fingerprint density at radius 2 is 2.07 bits per heavy atom. The largest absolute Gasteiger partial charge is 0.393 e. The molecule has 0 spiro atoms. The first-order valence-corrected chi connectivity index (χ1v) is 5.61. The highest BCUT2D eigenvalue weighted by Gasteiger charge is 2.19. The van der Waals surface area contributed by atoms with E-state index in [4.69, 9.17) is 0 Å². The third-order valence-corrected chi connectivity index (χ3v) is 3.08. The summed E-state index contributed by atoms with van der Waals surface area (Å²) in [5.74, 6) is 0. The molecule has 1 aromatic rings. The number of pyridine rings is 1. The number of rotatable bonds is 2. The van der Waals surface area contributed by atoms with E-state index in [0.29, 0.717) is 6.04 Å². The molecular weight excluding hydrogens is 188 g/mol. The average Bonchev–Trinajstić information content (AvgIpc) is 2.25. The normalized spacial score (nSPS) is 26.3. The first-order valence-electron chi connectivity index (χ1n) is 5.61. The van der Waals surface area contributed by atoms with Crippen molar-refractivity contribution in [2.75, 3.05) is 5.32 Å². The maximum Gasteiger partial charge on any atom is 0.0541 e. The maximum absolute atomic E-state index is 9.41. The molecule has 3 nitrogen and oxygen atoms in total. The molecule has 0 aliphatic heterocycles. The molecule has 0 radical (unpaired) electrons. The van der Waals surface area contributed by atoms with Crippen molar-refractivity contribution in [1.29, 1.82) is 0 Å². The van der Waals surface area contributed by atoms with Gasteiger partial charge in [-0.15, -0.1) is 0 Å². The Bertz CT molecular complexity index is 319. The van der Waals surface area contributed by atoms with Gasteiger partial charge in [0.25, 0.3) is 0 Å². The van der Waals surface area contributed by atoms with Gasteiger partial charge in [0, 0.05) is 24.1 Å². The standard InChI is InChI=1S/C12H18N2O/c1-9-8-13-7-6-12(9)14-10-2-4-11(15)5-3-10/h6-8,10-11,15H,2-5H2,1H3,(H,13,14). The van der Waals surface area contributed by atoms with E-state index in [1.54, 1.807) is 0 Å². The summed E-state index contributed by atoms with van der Waals surface area (Å²) in [5, 5.41) is 12.9. The van der Waals surface area contributed by atoms with Crippen LogP contribution in [0.3, 0.4) is 0 Å². The van der Waals surface area contributed by atoms with Crippen LogP contribution in [0.5, 0.6) is 0 Å². The molecule has 82 valence electrons. The van der Waals surface area contributed by atoms with E-state index >= 15 is 0 Å². The van der Waals surface area contributed by atoms with Gasteiger partial charge in [-0.3, -0.25) is 4.98 Å². The SMILES string of the molecule is Cc1cnccc1NC1CCC(O)CC1. The molecule has 0 unspecified atom stereocenters. The van der Waals surface area contributed by atoms with Gasteiger partial charge in [-0.1, -0.05) is 0 Å². The number of aliphatic hydroxyl groups is 1. The number of anilines is 1. The van der Waals surface area contributed by atoms with Crippen molar-refractivity contribution in [2.45, 2.75) is 44.8 Å². The zero-order chi connectivity index (χ0) is 10.7. The zero-order valence-electron chi connectivity index (χ0n) is 9.11. The molecule has 3 heteroatoms. The molecule has 0 atom stereocenters. The van der Waals surface area contributed by atoms with E-state index in [1.807, 2.05) is 18.5 Å². The Morgan fingerprint density at radius 1 is 1.33 bits per heavy atom. The van der Waals surface area contributed by atoms with Crippen molar-refractivity contribution in [2.24, 2.45) is 0 Å². The van der Waals surface area contributed by atoms with Gasteiger partial charge in [-0.2, -0.15) is 0 Å². The van der Waals surface area contributed by atoms with Crippen molar-refractivity contribution >= 4 is 5.69 Å². The van der Waals surface area contributed by atoms with E-state index in [-0.39, 0.29) is 6.10 Å². The van der Waals surface area contributed by atoms with Crippen LogP contribution in [0, 0.1) is 6.92 Å². The van der Waals surface area contributed by atoms with Crippen molar-refractivity contribution in [3.63, 3.8) is 0 Å². The van der Waals surface area contributed by atoms with Crippen LogP contribution in [0.2, 0.25) is 0 Å². The highest BCUT2D eigenvalue weighted by atomic mass is 16.3. The lowest BCUT2D eigenvalue weighted by Crippen LogP contribution is -2.28. The van der Waals surface area contributed by atoms with Crippen molar-refractivity contribution in [3.05, 3.63) is 24.0 Å². The number of nitrogens with zero attached hydrogens (tertiary/aromatic N) is 1. The smallest absolute Gasteiger partial charge is 0.0541 e. The predicted octanol–water partition coefficient (Wildman–Crippen LogP) is 2.11. The molecule has 0 aromatic carbocycles. The van der Waals surface area contributed by atoms with E-state index in [9.17, 15) is 5.11 Å². The Hall–Kier alpha value is -1.09. The molecule has 0 saturated heterocycles. The fraction of sp³-hybridized carbons (Fsp3) is 0.583. The minimum absolute atomic E-state index is 0.0819. The Morgan fingerprint density at radius 3 is 2.73 bits per heavy atom. The molecule has 1 saturated carbocycles. The molecule has 2 N–H and O–H groups in total. The summed E-state index contributed by atoms with van der Waals surface area (Å²) in [7, 11) is 0. The molecule has 1 aliphatic rings. The fourth-order valence-electron chi connectivity index (χ4n) is 2.08. The van der Waals surface area contributed by atoms with Gasteiger partial charge in [0.1, 0.15) is 0 Å². The minimum Gasteiger partial charge on any atom is -0.393 e. The van der Waals surface area contributed by atoms with Crippen molar-refractivity contribution in [3.8, 4) is 0 Å². The third kappa shape index (κ3) is 2.69. The van der Waals surface area contributed by atoms with Crippen LogP contribution in [-0.4, -0.2) is 22.2 Å². The monoisotopic (exact) mass is 206 g/mol. The van der Waals surface area contributed by atoms with E-state index in [1.165, 1.54) is 11.3 Å². The lowest BCUT2D eigenvalue weighted by atomic mass is 9.93. The lowest BCUT2D eigenvalue weighted by Gasteiger charge is -2.27. The molecule has 0 amide bonds. The minimum atomic E-state index is -0.0819. The van der Waals surface area contributed by atoms with Gasteiger partial charge in [0.05, 0.1) is 6.10 Å². The van der Waals surface area contributed by atoms with Gasteiger partial charge in [-0.05, 0) is 44.2 Å². The van der Waals surface area contributed by atoms with Crippen LogP contribution in [0.1, 0.15) is 31.2 Å². The quantitative estimate of drug-likeness (QED) is 0.779. The number of aliphatic hydroxyl groups excluding tert-OH is 1. The molecule has 2 rings (SSSR count). The second-order valence-electron chi connectivity index (χ2n) is 4.34. The predicted molar refractivity (Wildman–Crippen MR) is 60.9 cm³/mol. The summed E-state index contributed by atoms with van der Waals surface area (Å²) in [6.45, 7) is 2.06. The fourth-order valence-corrected chi connectivity index (χ4v) is 2.08. The second-order valence-corrected chi connectivity index (χ2v) is 4.34. The Labute approximate surface area is 90.5 Å². The molecule has 1 aliphatic carbocycles. The number of aryl methyl sites for hydroxylation is 1. The summed E-state index contributed by atoms with van der Waals surface area (Å²) in [5.41, 5.74) is 2.36. The summed E-state index contributed by atoms with van der Waals surface area (Å²) >= 11 is 0. The van der Waals surface area contributed by atoms with E-state index < -0.39 is 0 Å². The highest BCUT2D eigenvalue weighted by Crippen LogP contribution is 2.23. The topological polar surface area (TPSA) is 45.2 Å². The van der Waals surface area contributed by atoms with Crippen LogP contribution >= 0.6 is 0 Å². The van der Waals surface area contributed by atoms with Gasteiger partial charge in [0.2, 0.25) is 0 Å². The average molecular weight is 206 g/mol. The summed E-state index contributed by atoms with van der Waals surface area (Å²) in [4.78, 5) is 4.07. The lowest BCUT2D eigenvalue weighted by molar-refractivity contribution is 0.126. The summed E-state index contributed by atoms with van der Waals surface area (Å²) in [6, 6.07) is 2.52. The second kappa shape index (κ2) is 4.62. The summed E-state index contributed by atoms with van der Waals surface area (Å²) < 4.78 is 0. The molecular formula is C12H18N2O. The zero-order valence-corrected chi connectivity index (χ0v) is 9.11. The molecule has 0 bridgehead atoms. The molecule has 1 aromatic heterocycles. The van der Waals surface area contributed by atoms with Gasteiger partial charge >= 0.3 is 0 Å². The number of hydrogen-bond donors (Lipinski definition) is 2. The van der Waals surface area contributed by atoms with Gasteiger partial charge < -0.3 is 10.4 Å². The van der Waals surface area contributed by atoms with Gasteiger partial charge in [-0.25, -0.2) is 0 Å². The number of aromatic nitrogens is 1. The Kier molecular flexibility index (Phi) is 3.21. The van der Waals surface area contributed by atoms with Crippen LogP contribution in [0.15, 0.2) is 18.5 Å². The Balaban J connectivity index is 1.95. The van der Waals surface area contributed by atoms with Crippen LogP contribution in [0.4, 0.5) is 5.69 Å². The van der Waals surface area contributed by atoms with Crippen LogP contribution in [-0.2, 0) is 0 Å². The van der Waals surface area contributed by atoms with Crippen LogP contribution in [0.25, 0.3) is 0 Å². The van der Waals surface area contributed by atoms with Crippen molar-refractivity contribution in [1.82, 2.24) is 4.98 Å². The van der Waals surface area contributed by atoms with Crippen LogP contribution < -0.4 is 5.32 Å². The number of hydrogen-bond acceptors (Lipinski definition) is 3. The molecule has 15 heavy (non-hydrogen) atoms. The number of nitrogens with one attached hydrogen (secondary N) is 1. The van der Waals surface area contributed by atoms with E-state index in [2.05, 4.69) is 17.2 Å². The first kappa shape index (κ1) is 10.4. The molecule has 1 fully saturated rings.